The Morgan fingerprint density at radius 1 is 1.00 bits per heavy atom. The molecular weight excluding hydrogens is 414 g/mol. The lowest BCUT2D eigenvalue weighted by Gasteiger charge is -2.37. The standard InChI is InChI=1S/C28H43NO2S/c1-11-28(12-2,23-18-20(4)24(32-23)25(30)29(9)10)22-14-13-21(19(3)17-22)15-16-27(8,31)26(5,6)7/h13-14,17-18,31H,11-12,15-16H2,1-10H3. The van der Waals surface area contributed by atoms with Crippen LogP contribution in [-0.2, 0) is 11.8 Å². The lowest BCUT2D eigenvalue weighted by Crippen LogP contribution is -2.40. The molecule has 0 aliphatic rings. The van der Waals surface area contributed by atoms with E-state index in [1.807, 2.05) is 27.9 Å². The number of thiophene rings is 1. The number of carbonyl (C=O) groups is 1. The van der Waals surface area contributed by atoms with Crippen molar-refractivity contribution in [2.45, 2.75) is 92.1 Å². The number of hydrogen-bond acceptors (Lipinski definition) is 3. The lowest BCUT2D eigenvalue weighted by molar-refractivity contribution is -0.0476. The van der Waals surface area contributed by atoms with Crippen molar-refractivity contribution >= 4 is 17.2 Å². The molecule has 1 aromatic carbocycles. The normalized spacial score (nSPS) is 14.3. The molecule has 0 aliphatic heterocycles. The van der Waals surface area contributed by atoms with Gasteiger partial charge in [-0.15, -0.1) is 11.3 Å². The SMILES string of the molecule is CCC(CC)(c1ccc(CCC(C)(O)C(C)(C)C)c(C)c1)c1cc(C)c(C(=O)N(C)C)s1. The van der Waals surface area contributed by atoms with Gasteiger partial charge in [-0.3, -0.25) is 4.79 Å². The number of nitrogens with zero attached hydrogens (tertiary/aromatic N) is 1. The first-order valence-corrected chi connectivity index (χ1v) is 12.7. The summed E-state index contributed by atoms with van der Waals surface area (Å²) in [6.07, 6.45) is 3.57. The number of carbonyl (C=O) groups excluding carboxylic acids is 1. The predicted octanol–water partition coefficient (Wildman–Crippen LogP) is 6.90. The molecule has 1 aromatic heterocycles. The van der Waals surface area contributed by atoms with Crippen LogP contribution in [0, 0.1) is 19.3 Å². The number of benzene rings is 1. The van der Waals surface area contributed by atoms with Gasteiger partial charge in [0, 0.05) is 24.4 Å². The minimum atomic E-state index is -0.710. The molecule has 4 heteroatoms. The number of rotatable bonds is 8. The Hall–Kier alpha value is -1.65. The third kappa shape index (κ3) is 5.12. The summed E-state index contributed by atoms with van der Waals surface area (Å²) < 4.78 is 0. The zero-order valence-electron chi connectivity index (χ0n) is 21.8. The van der Waals surface area contributed by atoms with Crippen LogP contribution in [0.2, 0.25) is 0 Å². The second-order valence-electron chi connectivity index (χ2n) is 10.8. The van der Waals surface area contributed by atoms with E-state index < -0.39 is 5.60 Å². The predicted molar refractivity (Wildman–Crippen MR) is 138 cm³/mol. The van der Waals surface area contributed by atoms with Crippen molar-refractivity contribution in [3.05, 3.63) is 56.3 Å². The largest absolute Gasteiger partial charge is 0.390 e. The molecule has 1 heterocycles. The maximum Gasteiger partial charge on any atom is 0.263 e. The van der Waals surface area contributed by atoms with Crippen molar-refractivity contribution in [3.63, 3.8) is 0 Å². The van der Waals surface area contributed by atoms with Crippen LogP contribution in [0.5, 0.6) is 0 Å². The minimum Gasteiger partial charge on any atom is -0.390 e. The Labute approximate surface area is 199 Å². The van der Waals surface area contributed by atoms with E-state index >= 15 is 0 Å². The van der Waals surface area contributed by atoms with E-state index in [0.29, 0.717) is 0 Å². The van der Waals surface area contributed by atoms with E-state index in [1.165, 1.54) is 21.6 Å². The summed E-state index contributed by atoms with van der Waals surface area (Å²) in [5.74, 6) is 0.0808. The molecule has 1 N–H and O–H groups in total. The molecule has 0 bridgehead atoms. The second-order valence-corrected chi connectivity index (χ2v) is 11.8. The van der Waals surface area contributed by atoms with Crippen LogP contribution in [0.25, 0.3) is 0 Å². The quantitative estimate of drug-likeness (QED) is 0.468. The third-order valence-electron chi connectivity index (χ3n) is 7.59. The van der Waals surface area contributed by atoms with Crippen LogP contribution >= 0.6 is 11.3 Å². The van der Waals surface area contributed by atoms with Gasteiger partial charge in [0.2, 0.25) is 0 Å². The van der Waals surface area contributed by atoms with Crippen molar-refractivity contribution in [3.8, 4) is 0 Å². The van der Waals surface area contributed by atoms with Gasteiger partial charge in [0.05, 0.1) is 10.5 Å². The summed E-state index contributed by atoms with van der Waals surface area (Å²) in [6, 6.07) is 9.06. The van der Waals surface area contributed by atoms with Crippen LogP contribution in [0.3, 0.4) is 0 Å². The smallest absolute Gasteiger partial charge is 0.263 e. The van der Waals surface area contributed by atoms with Gasteiger partial charge in [0.15, 0.2) is 0 Å². The monoisotopic (exact) mass is 457 g/mol. The van der Waals surface area contributed by atoms with E-state index in [1.54, 1.807) is 16.2 Å². The second kappa shape index (κ2) is 9.69. The summed E-state index contributed by atoms with van der Waals surface area (Å²) in [6.45, 7) is 16.9. The number of amides is 1. The number of hydrogen-bond donors (Lipinski definition) is 1. The topological polar surface area (TPSA) is 40.5 Å². The first-order chi connectivity index (χ1) is 14.7. The van der Waals surface area contributed by atoms with Crippen LogP contribution in [0.4, 0.5) is 0 Å². The van der Waals surface area contributed by atoms with E-state index in [-0.39, 0.29) is 16.7 Å². The molecule has 1 amide bonds. The fourth-order valence-corrected chi connectivity index (χ4v) is 5.86. The third-order valence-corrected chi connectivity index (χ3v) is 9.02. The molecule has 0 saturated heterocycles. The van der Waals surface area contributed by atoms with Gasteiger partial charge in [0.25, 0.3) is 5.91 Å². The minimum absolute atomic E-state index is 0.0808. The van der Waals surface area contributed by atoms with Gasteiger partial charge in [-0.1, -0.05) is 52.8 Å². The van der Waals surface area contributed by atoms with Gasteiger partial charge in [-0.05, 0) is 80.2 Å². The van der Waals surface area contributed by atoms with Gasteiger partial charge in [0.1, 0.15) is 0 Å². The van der Waals surface area contributed by atoms with Gasteiger partial charge >= 0.3 is 0 Å². The molecule has 0 radical (unpaired) electrons. The molecule has 2 rings (SSSR count). The van der Waals surface area contributed by atoms with E-state index in [0.717, 1.165) is 36.1 Å². The van der Waals surface area contributed by atoms with Gasteiger partial charge in [-0.2, -0.15) is 0 Å². The Morgan fingerprint density at radius 2 is 1.59 bits per heavy atom. The summed E-state index contributed by atoms with van der Waals surface area (Å²) in [5.41, 5.74) is 3.99. The highest BCUT2D eigenvalue weighted by Crippen LogP contribution is 2.44. The van der Waals surface area contributed by atoms with Crippen molar-refractivity contribution in [1.29, 1.82) is 0 Å². The summed E-state index contributed by atoms with van der Waals surface area (Å²) >= 11 is 1.65. The fourth-order valence-electron chi connectivity index (χ4n) is 4.31. The number of aryl methyl sites for hydroxylation is 3. The number of aliphatic hydroxyl groups is 1. The zero-order valence-corrected chi connectivity index (χ0v) is 22.7. The maximum atomic E-state index is 12.7. The van der Waals surface area contributed by atoms with E-state index in [2.05, 4.69) is 65.8 Å². The molecular formula is C28H43NO2S. The molecule has 0 fully saturated rings. The molecule has 1 unspecified atom stereocenters. The molecule has 0 saturated carbocycles. The summed E-state index contributed by atoms with van der Waals surface area (Å²) in [4.78, 5) is 16.4. The first kappa shape index (κ1) is 26.6. The van der Waals surface area contributed by atoms with Crippen molar-refractivity contribution in [2.75, 3.05) is 14.1 Å². The van der Waals surface area contributed by atoms with Crippen LogP contribution < -0.4 is 0 Å². The highest BCUT2D eigenvalue weighted by Gasteiger charge is 2.36. The van der Waals surface area contributed by atoms with E-state index in [4.69, 9.17) is 0 Å². The molecule has 0 spiro atoms. The van der Waals surface area contributed by atoms with Crippen LogP contribution in [0.15, 0.2) is 24.3 Å². The molecule has 178 valence electrons. The molecule has 32 heavy (non-hydrogen) atoms. The van der Waals surface area contributed by atoms with E-state index in [9.17, 15) is 9.90 Å². The Bertz CT molecular complexity index is 943. The molecule has 1 atom stereocenters. The summed E-state index contributed by atoms with van der Waals surface area (Å²) in [7, 11) is 3.63. The fraction of sp³-hybridized carbons (Fsp3) is 0.607. The maximum absolute atomic E-state index is 12.7. The lowest BCUT2D eigenvalue weighted by atomic mass is 9.73. The zero-order chi connectivity index (χ0) is 24.5. The van der Waals surface area contributed by atoms with Gasteiger partial charge < -0.3 is 10.0 Å². The Kier molecular flexibility index (Phi) is 8.05. The first-order valence-electron chi connectivity index (χ1n) is 11.8. The molecule has 2 aromatic rings. The van der Waals surface area contributed by atoms with Crippen molar-refractivity contribution in [2.24, 2.45) is 5.41 Å². The van der Waals surface area contributed by atoms with Gasteiger partial charge in [-0.25, -0.2) is 0 Å². The van der Waals surface area contributed by atoms with Crippen LogP contribution in [0.1, 0.15) is 97.6 Å². The molecule has 0 aliphatic carbocycles. The van der Waals surface area contributed by atoms with Crippen molar-refractivity contribution in [1.82, 2.24) is 4.90 Å². The Morgan fingerprint density at radius 3 is 2.06 bits per heavy atom. The van der Waals surface area contributed by atoms with Crippen molar-refractivity contribution < 1.29 is 9.90 Å². The Balaban J connectivity index is 2.42. The highest BCUT2D eigenvalue weighted by molar-refractivity contribution is 7.14. The summed E-state index contributed by atoms with van der Waals surface area (Å²) in [5, 5.41) is 10.9. The average Bonchev–Trinajstić information content (AvgIpc) is 3.09. The molecule has 3 nitrogen and oxygen atoms in total. The highest BCUT2D eigenvalue weighted by atomic mass is 32.1. The van der Waals surface area contributed by atoms with Crippen LogP contribution in [-0.4, -0.2) is 35.6 Å². The average molecular weight is 458 g/mol.